The lowest BCUT2D eigenvalue weighted by Gasteiger charge is -2.09. The Morgan fingerprint density at radius 2 is 0.923 bits per heavy atom. The Balaban J connectivity index is 0.950. The zero-order valence-corrected chi connectivity index (χ0v) is 28.1. The quantitative estimate of drug-likeness (QED) is 0.0468. The number of nitrogens with zero attached hydrogens (tertiary/aromatic N) is 1. The molecule has 266 valence electrons. The van der Waals surface area contributed by atoms with Crippen LogP contribution >= 0.6 is 0 Å². The average Bonchev–Trinajstić information content (AvgIpc) is 3.11. The van der Waals surface area contributed by atoms with Crippen molar-refractivity contribution in [2.45, 2.75) is 57.8 Å². The van der Waals surface area contributed by atoms with E-state index in [2.05, 4.69) is 0 Å². The summed E-state index contributed by atoms with van der Waals surface area (Å²) in [6.45, 7) is 0. The number of carbonyl (C=O) groups excluding carboxylic acids is 2. The second-order valence-corrected chi connectivity index (χ2v) is 12.2. The minimum Gasteiger partial charge on any atom is -0.427 e. The van der Waals surface area contributed by atoms with E-state index in [0.29, 0.717) is 35.3 Å². The fraction of sp³-hybridized carbons (Fsp3) is 0.214. The van der Waals surface area contributed by atoms with Gasteiger partial charge in [0.2, 0.25) is 0 Å². The lowest BCUT2D eigenvalue weighted by Crippen LogP contribution is -2.08. The van der Waals surface area contributed by atoms with E-state index in [9.17, 15) is 31.5 Å². The third-order valence-corrected chi connectivity index (χ3v) is 8.44. The Bertz CT molecular complexity index is 2050. The molecule has 0 unspecified atom stereocenters. The Kier molecular flexibility index (Phi) is 12.9. The van der Waals surface area contributed by atoms with Crippen molar-refractivity contribution in [3.8, 4) is 50.9 Å². The molecule has 0 aliphatic rings. The third-order valence-electron chi connectivity index (χ3n) is 8.44. The van der Waals surface area contributed by atoms with Gasteiger partial charge in [-0.2, -0.15) is 5.26 Å². The highest BCUT2D eigenvalue weighted by molar-refractivity contribution is 5.75. The van der Waals surface area contributed by atoms with Gasteiger partial charge < -0.3 is 9.47 Å². The molecule has 5 aromatic rings. The smallest absolute Gasteiger partial charge is 0.311 e. The fourth-order valence-corrected chi connectivity index (χ4v) is 5.69. The Morgan fingerprint density at radius 3 is 1.48 bits per heavy atom. The molecule has 0 aromatic heterocycles. The van der Waals surface area contributed by atoms with Gasteiger partial charge in [-0.05, 0) is 89.7 Å². The highest BCUT2D eigenvalue weighted by Gasteiger charge is 2.15. The zero-order chi connectivity index (χ0) is 37.0. The van der Waals surface area contributed by atoms with Crippen molar-refractivity contribution < 1.29 is 41.0 Å². The van der Waals surface area contributed by atoms with Crippen molar-refractivity contribution >= 4 is 11.9 Å². The number of unbranched alkanes of at least 4 members (excludes halogenated alkanes) is 6. The number of carbonyl (C=O) groups is 2. The summed E-state index contributed by atoms with van der Waals surface area (Å²) < 4.78 is 81.3. The molecule has 0 bridgehead atoms. The Morgan fingerprint density at radius 1 is 0.481 bits per heavy atom. The van der Waals surface area contributed by atoms with Gasteiger partial charge in [0.15, 0.2) is 0 Å². The molecule has 0 atom stereocenters. The summed E-state index contributed by atoms with van der Waals surface area (Å²) >= 11 is 0. The number of halogens is 5. The summed E-state index contributed by atoms with van der Waals surface area (Å²) in [5.74, 6) is -4.16. The number of rotatable bonds is 15. The first-order valence-electron chi connectivity index (χ1n) is 16.9. The van der Waals surface area contributed by atoms with Crippen molar-refractivity contribution in [3.05, 3.63) is 132 Å². The fourth-order valence-electron chi connectivity index (χ4n) is 5.69. The number of benzene rings is 5. The van der Waals surface area contributed by atoms with Crippen molar-refractivity contribution in [2.75, 3.05) is 0 Å². The molecule has 5 nitrogen and oxygen atoms in total. The van der Waals surface area contributed by atoms with Crippen LogP contribution in [0, 0.1) is 40.4 Å². The van der Waals surface area contributed by atoms with Crippen LogP contribution in [0.25, 0.3) is 33.4 Å². The lowest BCUT2D eigenvalue weighted by atomic mass is 9.98. The maximum Gasteiger partial charge on any atom is 0.311 e. The molecule has 0 heterocycles. The molecule has 0 N–H and O–H groups in total. The minimum atomic E-state index is -1.07. The van der Waals surface area contributed by atoms with Crippen LogP contribution in [0.1, 0.15) is 63.4 Å². The van der Waals surface area contributed by atoms with E-state index in [0.717, 1.165) is 50.3 Å². The van der Waals surface area contributed by atoms with Gasteiger partial charge in [-0.15, -0.1) is 0 Å². The predicted octanol–water partition coefficient (Wildman–Crippen LogP) is 11.3. The molecule has 0 spiro atoms. The van der Waals surface area contributed by atoms with Gasteiger partial charge in [0.1, 0.15) is 52.2 Å². The highest BCUT2D eigenvalue weighted by atomic mass is 19.1. The van der Waals surface area contributed by atoms with E-state index >= 15 is 0 Å². The summed E-state index contributed by atoms with van der Waals surface area (Å²) in [6.07, 6.45) is 6.24. The largest absolute Gasteiger partial charge is 0.427 e. The van der Waals surface area contributed by atoms with Gasteiger partial charge in [-0.3, -0.25) is 9.59 Å². The normalized spacial score (nSPS) is 10.8. The van der Waals surface area contributed by atoms with Gasteiger partial charge in [0.05, 0.1) is 0 Å². The minimum absolute atomic E-state index is 0.0153. The van der Waals surface area contributed by atoms with E-state index in [1.165, 1.54) is 54.6 Å². The second kappa shape index (κ2) is 17.9. The van der Waals surface area contributed by atoms with Crippen molar-refractivity contribution in [3.63, 3.8) is 0 Å². The predicted molar refractivity (Wildman–Crippen MR) is 187 cm³/mol. The molecule has 0 saturated carbocycles. The van der Waals surface area contributed by atoms with Crippen molar-refractivity contribution in [1.29, 1.82) is 5.26 Å². The van der Waals surface area contributed by atoms with E-state index in [4.69, 9.17) is 14.7 Å². The molecule has 0 radical (unpaired) electrons. The molecule has 0 fully saturated rings. The summed E-state index contributed by atoms with van der Waals surface area (Å²) in [4.78, 5) is 24.5. The maximum atomic E-state index is 14.9. The van der Waals surface area contributed by atoms with Crippen LogP contribution in [-0.2, 0) is 9.59 Å². The Labute approximate surface area is 298 Å². The second-order valence-electron chi connectivity index (χ2n) is 12.2. The first kappa shape index (κ1) is 37.4. The van der Waals surface area contributed by atoms with Gasteiger partial charge in [-0.1, -0.05) is 68.5 Å². The number of esters is 2. The molecule has 0 aliphatic carbocycles. The molecule has 52 heavy (non-hydrogen) atoms. The molecule has 0 aliphatic heterocycles. The van der Waals surface area contributed by atoms with Gasteiger partial charge in [0, 0.05) is 30.0 Å². The molecular formula is C42H34F5NO4. The first-order chi connectivity index (χ1) is 25.1. The molecule has 5 rings (SSSR count). The monoisotopic (exact) mass is 711 g/mol. The molecule has 10 heteroatoms. The first-order valence-corrected chi connectivity index (χ1v) is 16.9. The zero-order valence-electron chi connectivity index (χ0n) is 28.1. The number of nitriles is 1. The average molecular weight is 712 g/mol. The number of ether oxygens (including phenoxy) is 2. The number of hydrogen-bond acceptors (Lipinski definition) is 5. The summed E-state index contributed by atoms with van der Waals surface area (Å²) in [7, 11) is 0. The van der Waals surface area contributed by atoms with Crippen LogP contribution in [0.3, 0.4) is 0 Å². The van der Waals surface area contributed by atoms with Crippen LogP contribution in [-0.4, -0.2) is 11.9 Å². The van der Waals surface area contributed by atoms with Crippen LogP contribution in [0.15, 0.2) is 97.1 Å². The maximum absolute atomic E-state index is 14.9. The van der Waals surface area contributed by atoms with Crippen LogP contribution in [0.4, 0.5) is 22.0 Å². The summed E-state index contributed by atoms with van der Waals surface area (Å²) in [6, 6.07) is 23.7. The third kappa shape index (κ3) is 10.1. The standard InChI is InChI=1S/C42H34F5NO4/c43-31-15-10-28(11-16-31)34-21-19-33(25-40(34)47)52-42(50)9-7-5-3-1-2-4-6-8-41(49)51-32-17-12-27(13-18-32)29-14-20-35(37(44)22-29)30-23-38(45)36(26-48)39(46)24-30/h10-25H,1-9H2. The van der Waals surface area contributed by atoms with E-state index in [1.807, 2.05) is 0 Å². The summed E-state index contributed by atoms with van der Waals surface area (Å²) in [5.41, 5.74) is 1.19. The van der Waals surface area contributed by atoms with Crippen LogP contribution < -0.4 is 9.47 Å². The van der Waals surface area contributed by atoms with Gasteiger partial charge in [0.25, 0.3) is 0 Å². The van der Waals surface area contributed by atoms with Crippen molar-refractivity contribution in [1.82, 2.24) is 0 Å². The van der Waals surface area contributed by atoms with Crippen LogP contribution in [0.2, 0.25) is 0 Å². The molecular weight excluding hydrogens is 677 g/mol. The molecule has 0 amide bonds. The summed E-state index contributed by atoms with van der Waals surface area (Å²) in [5, 5.41) is 8.85. The SMILES string of the molecule is N#Cc1c(F)cc(-c2ccc(-c3ccc(OC(=O)CCCCCCCCCC(=O)Oc4ccc(-c5ccc(F)cc5)c(F)c4)cc3)cc2F)cc1F. The lowest BCUT2D eigenvalue weighted by molar-refractivity contribution is -0.135. The van der Waals surface area contributed by atoms with Crippen LogP contribution in [0.5, 0.6) is 11.5 Å². The van der Waals surface area contributed by atoms with E-state index < -0.39 is 40.6 Å². The van der Waals surface area contributed by atoms with E-state index in [1.54, 1.807) is 30.3 Å². The van der Waals surface area contributed by atoms with Crippen molar-refractivity contribution in [2.24, 2.45) is 0 Å². The highest BCUT2D eigenvalue weighted by Crippen LogP contribution is 2.31. The molecule has 5 aromatic carbocycles. The Hall–Kier alpha value is -5.82. The van der Waals surface area contributed by atoms with Gasteiger partial charge >= 0.3 is 11.9 Å². The topological polar surface area (TPSA) is 76.4 Å². The van der Waals surface area contributed by atoms with E-state index in [-0.39, 0.29) is 41.3 Å². The number of hydrogen-bond donors (Lipinski definition) is 0. The van der Waals surface area contributed by atoms with Gasteiger partial charge in [-0.25, -0.2) is 22.0 Å². The molecule has 0 saturated heterocycles.